The smallest absolute Gasteiger partial charge is 0.133 e. The Balaban J connectivity index is 1.68. The summed E-state index contributed by atoms with van der Waals surface area (Å²) in [5.74, 6) is 7.78. The second kappa shape index (κ2) is 8.03. The highest BCUT2D eigenvalue weighted by molar-refractivity contribution is 5.52. The minimum atomic E-state index is -0.941. The Bertz CT molecular complexity index is 1060. The summed E-state index contributed by atoms with van der Waals surface area (Å²) in [6, 6.07) is 9.05. The van der Waals surface area contributed by atoms with Crippen molar-refractivity contribution in [2.75, 3.05) is 19.0 Å². The van der Waals surface area contributed by atoms with Crippen LogP contribution in [0, 0.1) is 35.0 Å². The molecule has 2 fully saturated rings. The fourth-order valence-corrected chi connectivity index (χ4v) is 7.87. The number of hydrogen-bond acceptors (Lipinski definition) is 3. The molecule has 4 aliphatic rings. The quantitative estimate of drug-likeness (QED) is 0.596. The van der Waals surface area contributed by atoms with Crippen molar-refractivity contribution in [2.24, 2.45) is 23.2 Å². The van der Waals surface area contributed by atoms with Crippen LogP contribution in [0.15, 0.2) is 47.1 Å². The number of nitrogens with zero attached hydrogens (tertiary/aromatic N) is 1. The van der Waals surface area contributed by atoms with Gasteiger partial charge >= 0.3 is 0 Å². The minimum Gasteiger partial charge on any atom is -0.389 e. The van der Waals surface area contributed by atoms with Crippen LogP contribution in [0.25, 0.3) is 0 Å². The SMILES string of the molecule is CC#C[C@]1(O)[C@H](C)C[C@H]2[C@@H]3CCC4=CC(O)CCC4=C3[C@@H](c3ccc(N(C)C)cc3)C[C@@]21C. The minimum absolute atomic E-state index is 0.172. The Kier molecular flexibility index (Phi) is 5.54. The molecule has 0 bridgehead atoms. The molecule has 0 aromatic heterocycles. The fraction of sp³-hybridized carbons (Fsp3) is 0.600. The largest absolute Gasteiger partial charge is 0.389 e. The highest BCUT2D eigenvalue weighted by Crippen LogP contribution is 2.68. The van der Waals surface area contributed by atoms with Gasteiger partial charge in [0.05, 0.1) is 6.10 Å². The van der Waals surface area contributed by atoms with Crippen LogP contribution >= 0.6 is 0 Å². The van der Waals surface area contributed by atoms with E-state index in [2.05, 4.69) is 75.0 Å². The van der Waals surface area contributed by atoms with Gasteiger partial charge in [0.2, 0.25) is 0 Å². The Morgan fingerprint density at radius 1 is 1.09 bits per heavy atom. The van der Waals surface area contributed by atoms with Gasteiger partial charge in [-0.3, -0.25) is 0 Å². The summed E-state index contributed by atoms with van der Waals surface area (Å²) in [6.07, 6.45) is 7.75. The second-order valence-corrected chi connectivity index (χ2v) is 11.4. The van der Waals surface area contributed by atoms with E-state index < -0.39 is 5.60 Å². The molecule has 1 aromatic rings. The Hall–Kier alpha value is -2.02. The average molecular weight is 446 g/mol. The molecule has 0 amide bonds. The lowest BCUT2D eigenvalue weighted by molar-refractivity contribution is -0.0671. The van der Waals surface area contributed by atoms with Crippen molar-refractivity contribution in [3.63, 3.8) is 0 Å². The van der Waals surface area contributed by atoms with Gasteiger partial charge in [0.25, 0.3) is 0 Å². The number of anilines is 1. The number of hydrogen-bond donors (Lipinski definition) is 2. The molecule has 7 atom stereocenters. The van der Waals surface area contributed by atoms with Crippen molar-refractivity contribution in [1.29, 1.82) is 0 Å². The molecule has 3 heteroatoms. The molecule has 5 rings (SSSR count). The summed E-state index contributed by atoms with van der Waals surface area (Å²) in [5, 5.41) is 22.3. The molecular formula is C30H39NO2. The van der Waals surface area contributed by atoms with Crippen molar-refractivity contribution in [3.8, 4) is 11.8 Å². The lowest BCUT2D eigenvalue weighted by atomic mass is 9.51. The third-order valence-electron chi connectivity index (χ3n) is 9.57. The molecule has 0 radical (unpaired) electrons. The standard InChI is InChI=1S/C30H39NO2/c1-6-15-30(33)19(2)16-27-25-13-9-21-17-23(32)12-14-24(21)28(25)26(18-29(27,30)3)20-7-10-22(11-8-20)31(4)5/h7-8,10-11,17,19,23,25-27,32-33H,9,12-14,16,18H2,1-5H3/t19-,23?,25+,26-,27+,29+,30+/m1/s1. The molecule has 176 valence electrons. The van der Waals surface area contributed by atoms with E-state index in [9.17, 15) is 10.2 Å². The third-order valence-corrected chi connectivity index (χ3v) is 9.57. The van der Waals surface area contributed by atoms with Gasteiger partial charge in [-0.05, 0) is 92.0 Å². The van der Waals surface area contributed by atoms with E-state index in [1.54, 1.807) is 5.57 Å². The van der Waals surface area contributed by atoms with Crippen LogP contribution < -0.4 is 4.90 Å². The van der Waals surface area contributed by atoms with Gasteiger partial charge in [-0.25, -0.2) is 0 Å². The number of rotatable bonds is 2. The maximum Gasteiger partial charge on any atom is 0.133 e. The molecule has 3 nitrogen and oxygen atoms in total. The summed E-state index contributed by atoms with van der Waals surface area (Å²) >= 11 is 0. The number of aliphatic hydroxyl groups is 2. The molecule has 33 heavy (non-hydrogen) atoms. The van der Waals surface area contributed by atoms with Crippen LogP contribution in [0.4, 0.5) is 5.69 Å². The van der Waals surface area contributed by atoms with Gasteiger partial charge in [0, 0.05) is 31.1 Å². The van der Waals surface area contributed by atoms with E-state index in [1.807, 2.05) is 6.92 Å². The zero-order valence-electron chi connectivity index (χ0n) is 20.9. The van der Waals surface area contributed by atoms with E-state index in [0.29, 0.717) is 11.8 Å². The van der Waals surface area contributed by atoms with Crippen LogP contribution in [-0.4, -0.2) is 36.0 Å². The number of fused-ring (bicyclic) bond motifs is 4. The normalized spacial score (nSPS) is 39.6. The third kappa shape index (κ3) is 3.33. The Labute approximate surface area is 199 Å². The number of benzene rings is 1. The summed E-state index contributed by atoms with van der Waals surface area (Å²) in [6.45, 7) is 6.39. The van der Waals surface area contributed by atoms with E-state index >= 15 is 0 Å². The molecule has 0 spiro atoms. The molecule has 2 N–H and O–H groups in total. The highest BCUT2D eigenvalue weighted by atomic mass is 16.3. The molecule has 0 heterocycles. The van der Waals surface area contributed by atoms with E-state index in [1.165, 1.54) is 22.4 Å². The average Bonchev–Trinajstić information content (AvgIpc) is 2.99. The van der Waals surface area contributed by atoms with E-state index in [0.717, 1.165) is 38.5 Å². The van der Waals surface area contributed by atoms with Crippen LogP contribution in [-0.2, 0) is 0 Å². The molecule has 0 aliphatic heterocycles. The zero-order chi connectivity index (χ0) is 23.5. The van der Waals surface area contributed by atoms with Gasteiger partial charge in [0.15, 0.2) is 0 Å². The predicted octanol–water partition coefficient (Wildman–Crippen LogP) is 5.44. The van der Waals surface area contributed by atoms with Crippen molar-refractivity contribution >= 4 is 5.69 Å². The Morgan fingerprint density at radius 3 is 2.48 bits per heavy atom. The van der Waals surface area contributed by atoms with Crippen molar-refractivity contribution in [2.45, 2.75) is 76.9 Å². The van der Waals surface area contributed by atoms with Crippen LogP contribution in [0.5, 0.6) is 0 Å². The van der Waals surface area contributed by atoms with Crippen LogP contribution in [0.2, 0.25) is 0 Å². The summed E-state index contributed by atoms with van der Waals surface area (Å²) in [7, 11) is 4.16. The van der Waals surface area contributed by atoms with Gasteiger partial charge in [0.1, 0.15) is 5.60 Å². The maximum absolute atomic E-state index is 12.0. The summed E-state index contributed by atoms with van der Waals surface area (Å²) in [5.41, 5.74) is 5.90. The van der Waals surface area contributed by atoms with Gasteiger partial charge in [-0.15, -0.1) is 5.92 Å². The van der Waals surface area contributed by atoms with Crippen molar-refractivity contribution in [1.82, 2.24) is 0 Å². The van der Waals surface area contributed by atoms with Crippen molar-refractivity contribution < 1.29 is 10.2 Å². The lowest BCUT2D eigenvalue weighted by Crippen LogP contribution is -2.52. The van der Waals surface area contributed by atoms with Gasteiger partial charge < -0.3 is 15.1 Å². The molecule has 1 aromatic carbocycles. The Morgan fingerprint density at radius 2 is 1.82 bits per heavy atom. The monoisotopic (exact) mass is 445 g/mol. The molecule has 1 unspecified atom stereocenters. The number of allylic oxidation sites excluding steroid dienone is 3. The zero-order valence-corrected chi connectivity index (χ0v) is 20.9. The lowest BCUT2D eigenvalue weighted by Gasteiger charge is -2.54. The van der Waals surface area contributed by atoms with Crippen molar-refractivity contribution in [3.05, 3.63) is 52.6 Å². The highest BCUT2D eigenvalue weighted by Gasteiger charge is 2.65. The molecule has 4 aliphatic carbocycles. The summed E-state index contributed by atoms with van der Waals surface area (Å²) < 4.78 is 0. The molecule has 2 saturated carbocycles. The van der Waals surface area contributed by atoms with Crippen LogP contribution in [0.1, 0.15) is 70.8 Å². The summed E-state index contributed by atoms with van der Waals surface area (Å²) in [4.78, 5) is 2.14. The topological polar surface area (TPSA) is 43.7 Å². The first-order chi connectivity index (χ1) is 15.7. The first-order valence-electron chi connectivity index (χ1n) is 12.7. The first-order valence-corrected chi connectivity index (χ1v) is 12.7. The maximum atomic E-state index is 12.0. The fourth-order valence-electron chi connectivity index (χ4n) is 7.87. The van der Waals surface area contributed by atoms with Crippen LogP contribution in [0.3, 0.4) is 0 Å². The van der Waals surface area contributed by atoms with E-state index in [-0.39, 0.29) is 23.4 Å². The van der Waals surface area contributed by atoms with Gasteiger partial charge in [-0.2, -0.15) is 0 Å². The van der Waals surface area contributed by atoms with Gasteiger partial charge in [-0.1, -0.05) is 43.5 Å². The molecular weight excluding hydrogens is 406 g/mol. The predicted molar refractivity (Wildman–Crippen MR) is 135 cm³/mol. The first kappa shape index (κ1) is 22.8. The van der Waals surface area contributed by atoms with E-state index in [4.69, 9.17) is 0 Å². The molecule has 0 saturated heterocycles. The number of aliphatic hydroxyl groups excluding tert-OH is 1. The second-order valence-electron chi connectivity index (χ2n) is 11.4.